The molecule has 2 amide bonds. The predicted octanol–water partition coefficient (Wildman–Crippen LogP) is 2.13. The lowest BCUT2D eigenvalue weighted by atomic mass is 10.2. The summed E-state index contributed by atoms with van der Waals surface area (Å²) < 4.78 is 26.5. The van der Waals surface area contributed by atoms with Crippen LogP contribution in [0.25, 0.3) is 0 Å². The van der Waals surface area contributed by atoms with E-state index in [1.165, 1.54) is 7.11 Å². The first-order valence-corrected chi connectivity index (χ1v) is 9.60. The fourth-order valence-corrected chi connectivity index (χ4v) is 3.68. The van der Waals surface area contributed by atoms with Gasteiger partial charge in [0.05, 0.1) is 23.3 Å². The zero-order valence-electron chi connectivity index (χ0n) is 15.3. The molecule has 1 N–H and O–H groups in total. The highest BCUT2D eigenvalue weighted by Gasteiger charge is 2.19. The van der Waals surface area contributed by atoms with Gasteiger partial charge in [-0.25, -0.2) is 9.00 Å². The number of amides is 2. The molecule has 0 aliphatic rings. The number of hydrogen-bond donors (Lipinski definition) is 1. The first-order chi connectivity index (χ1) is 12.1. The number of hydrogen-bond acceptors (Lipinski definition) is 6. The van der Waals surface area contributed by atoms with Crippen molar-refractivity contribution >= 4 is 27.7 Å². The van der Waals surface area contributed by atoms with Crippen molar-refractivity contribution in [1.29, 1.82) is 0 Å². The second-order valence-corrected chi connectivity index (χ2v) is 8.67. The fourth-order valence-electron chi connectivity index (χ4n) is 1.83. The number of alkyl carbamates (subject to hydrolysis) is 1. The van der Waals surface area contributed by atoms with E-state index in [1.54, 1.807) is 51.1 Å². The summed E-state index contributed by atoms with van der Waals surface area (Å²) in [5.41, 5.74) is -0.706. The summed E-state index contributed by atoms with van der Waals surface area (Å²) in [7, 11) is -1.95. The topological polar surface area (TPSA) is 111 Å². The molecule has 8 nitrogen and oxygen atoms in total. The van der Waals surface area contributed by atoms with Gasteiger partial charge in [0.15, 0.2) is 0 Å². The molecular weight excluding hydrogens is 360 g/mol. The number of nitrogens with zero attached hydrogens (tertiary/aromatic N) is 1. The Morgan fingerprint density at radius 3 is 2.31 bits per heavy atom. The van der Waals surface area contributed by atoms with Gasteiger partial charge in [0, 0.05) is 10.6 Å². The lowest BCUT2D eigenvalue weighted by molar-refractivity contribution is -0.140. The Morgan fingerprint density at radius 2 is 1.77 bits per heavy atom. The molecule has 0 fully saturated rings. The van der Waals surface area contributed by atoms with E-state index in [2.05, 4.69) is 14.4 Å². The van der Waals surface area contributed by atoms with Crippen LogP contribution in [0.15, 0.2) is 39.6 Å². The fraction of sp³-hybridized carbons (Fsp3) is 0.471. The Morgan fingerprint density at radius 1 is 1.15 bits per heavy atom. The van der Waals surface area contributed by atoms with Gasteiger partial charge in [-0.2, -0.15) is 4.36 Å². The van der Waals surface area contributed by atoms with E-state index in [9.17, 15) is 18.6 Å². The van der Waals surface area contributed by atoms with Crippen molar-refractivity contribution in [2.75, 3.05) is 19.4 Å². The van der Waals surface area contributed by atoms with Gasteiger partial charge in [-0.3, -0.25) is 9.59 Å². The van der Waals surface area contributed by atoms with Gasteiger partial charge in [0.1, 0.15) is 12.1 Å². The maximum atomic E-state index is 13.2. The quantitative estimate of drug-likeness (QED) is 0.752. The summed E-state index contributed by atoms with van der Waals surface area (Å²) in [6, 6.07) is 8.18. The van der Waals surface area contributed by atoms with E-state index in [-0.39, 0.29) is 12.2 Å². The van der Waals surface area contributed by atoms with Gasteiger partial charge in [-0.15, -0.1) is 0 Å². The number of nitrogens with one attached hydrogen (secondary N) is 1. The molecule has 0 aromatic heterocycles. The Hall–Kier alpha value is -2.42. The second-order valence-electron chi connectivity index (χ2n) is 6.32. The van der Waals surface area contributed by atoms with E-state index in [0.29, 0.717) is 4.90 Å². The lowest BCUT2D eigenvalue weighted by Gasteiger charge is -2.19. The summed E-state index contributed by atoms with van der Waals surface area (Å²) in [5, 5.41) is 2.27. The Bertz CT molecular complexity index is 761. The smallest absolute Gasteiger partial charge is 0.408 e. The van der Waals surface area contributed by atoms with Crippen LogP contribution >= 0.6 is 0 Å². The molecule has 0 bridgehead atoms. The molecule has 0 saturated heterocycles. The van der Waals surface area contributed by atoms with Crippen molar-refractivity contribution < 1.29 is 28.1 Å². The SMILES string of the molecule is COC(=O)CCS(=O)(=NC(=O)CNC(=O)OC(C)(C)C)c1ccccc1. The number of ether oxygens (including phenoxy) is 2. The molecule has 0 radical (unpaired) electrons. The van der Waals surface area contributed by atoms with Gasteiger partial charge < -0.3 is 14.8 Å². The van der Waals surface area contributed by atoms with Crippen molar-refractivity contribution in [2.24, 2.45) is 4.36 Å². The largest absolute Gasteiger partial charge is 0.469 e. The second kappa shape index (κ2) is 9.33. The Kier molecular flexibility index (Phi) is 7.76. The monoisotopic (exact) mass is 384 g/mol. The van der Waals surface area contributed by atoms with Crippen LogP contribution in [0.1, 0.15) is 27.2 Å². The highest BCUT2D eigenvalue weighted by atomic mass is 32.2. The molecule has 9 heteroatoms. The van der Waals surface area contributed by atoms with E-state index in [4.69, 9.17) is 4.74 Å². The molecule has 1 atom stereocenters. The molecule has 0 spiro atoms. The van der Waals surface area contributed by atoms with Gasteiger partial charge in [0.25, 0.3) is 5.91 Å². The normalized spacial score (nSPS) is 13.2. The van der Waals surface area contributed by atoms with Crippen LogP contribution in [-0.4, -0.2) is 47.2 Å². The molecule has 0 heterocycles. The van der Waals surface area contributed by atoms with Gasteiger partial charge in [-0.05, 0) is 32.9 Å². The number of methoxy groups -OCH3 is 1. The van der Waals surface area contributed by atoms with Gasteiger partial charge in [0.2, 0.25) is 0 Å². The minimum absolute atomic E-state index is 0.152. The van der Waals surface area contributed by atoms with Crippen LogP contribution in [-0.2, 0) is 28.8 Å². The summed E-state index contributed by atoms with van der Waals surface area (Å²) in [4.78, 5) is 35.4. The maximum absolute atomic E-state index is 13.2. The minimum atomic E-state index is -3.17. The number of carbonyl (C=O) groups is 3. The molecule has 0 aliphatic heterocycles. The van der Waals surface area contributed by atoms with Gasteiger partial charge >= 0.3 is 12.1 Å². The van der Waals surface area contributed by atoms with Crippen LogP contribution in [0.5, 0.6) is 0 Å². The molecule has 0 aliphatic carbocycles. The van der Waals surface area contributed by atoms with Crippen LogP contribution < -0.4 is 5.32 Å². The maximum Gasteiger partial charge on any atom is 0.408 e. The Balaban J connectivity index is 2.92. The minimum Gasteiger partial charge on any atom is -0.469 e. The van der Waals surface area contributed by atoms with Gasteiger partial charge in [-0.1, -0.05) is 18.2 Å². The third-order valence-corrected chi connectivity index (χ3v) is 5.22. The van der Waals surface area contributed by atoms with Crippen LogP contribution in [0.3, 0.4) is 0 Å². The third-order valence-electron chi connectivity index (χ3n) is 2.95. The summed E-state index contributed by atoms with van der Waals surface area (Å²) >= 11 is 0. The molecule has 26 heavy (non-hydrogen) atoms. The number of carbonyl (C=O) groups excluding carboxylic acids is 3. The predicted molar refractivity (Wildman–Crippen MR) is 96.0 cm³/mol. The first-order valence-electron chi connectivity index (χ1n) is 7.92. The molecule has 1 rings (SSSR count). The highest BCUT2D eigenvalue weighted by Crippen LogP contribution is 2.15. The zero-order valence-corrected chi connectivity index (χ0v) is 16.1. The molecule has 0 saturated carbocycles. The average molecular weight is 384 g/mol. The first kappa shape index (κ1) is 21.6. The number of rotatable bonds is 6. The standard InChI is InChI=1S/C17H24N2O6S/c1-17(2,3)25-16(22)18-12-14(20)19-26(23,11-10-15(21)24-4)13-8-6-5-7-9-13/h5-9H,10-12H2,1-4H3,(H,18,22). The molecule has 1 aromatic rings. The average Bonchev–Trinajstić information content (AvgIpc) is 2.57. The molecule has 1 unspecified atom stereocenters. The third kappa shape index (κ3) is 7.64. The molecule has 1 aromatic carbocycles. The molecule has 144 valence electrons. The molecular formula is C17H24N2O6S. The summed E-state index contributed by atoms with van der Waals surface area (Å²) in [6.45, 7) is 4.60. The van der Waals surface area contributed by atoms with E-state index in [0.717, 1.165) is 0 Å². The summed E-state index contributed by atoms with van der Waals surface area (Å²) in [5.74, 6) is -1.50. The summed E-state index contributed by atoms with van der Waals surface area (Å²) in [6.07, 6.45) is -0.928. The van der Waals surface area contributed by atoms with Crippen LogP contribution in [0, 0.1) is 0 Å². The highest BCUT2D eigenvalue weighted by molar-refractivity contribution is 7.94. The van der Waals surface area contributed by atoms with Crippen molar-refractivity contribution in [3.63, 3.8) is 0 Å². The van der Waals surface area contributed by atoms with Crippen LogP contribution in [0.2, 0.25) is 0 Å². The van der Waals surface area contributed by atoms with Crippen molar-refractivity contribution in [1.82, 2.24) is 5.32 Å². The number of benzene rings is 1. The van der Waals surface area contributed by atoms with Crippen LogP contribution in [0.4, 0.5) is 4.79 Å². The van der Waals surface area contributed by atoms with Crippen molar-refractivity contribution in [3.05, 3.63) is 30.3 Å². The van der Waals surface area contributed by atoms with E-state index >= 15 is 0 Å². The zero-order chi connectivity index (χ0) is 19.8. The lowest BCUT2D eigenvalue weighted by Crippen LogP contribution is -2.35. The number of esters is 1. The Labute approximate surface area is 153 Å². The van der Waals surface area contributed by atoms with E-state index in [1.807, 2.05) is 0 Å². The van der Waals surface area contributed by atoms with Crippen molar-refractivity contribution in [3.8, 4) is 0 Å². The van der Waals surface area contributed by atoms with Crippen molar-refractivity contribution in [2.45, 2.75) is 37.7 Å². The van der Waals surface area contributed by atoms with E-state index < -0.39 is 39.8 Å².